The third-order valence-electron chi connectivity index (χ3n) is 5.29. The Bertz CT molecular complexity index is 1550. The van der Waals surface area contributed by atoms with Crippen molar-refractivity contribution < 1.29 is 4.74 Å². The second-order valence-electron chi connectivity index (χ2n) is 7.52. The zero-order valence-electron chi connectivity index (χ0n) is 17.9. The minimum atomic E-state index is 0.142. The number of thiazole rings is 1. The van der Waals surface area contributed by atoms with Gasteiger partial charge in [0.1, 0.15) is 11.4 Å². The Hall–Kier alpha value is -4.43. The van der Waals surface area contributed by atoms with E-state index < -0.39 is 0 Å². The third-order valence-corrected chi connectivity index (χ3v) is 6.10. The fourth-order valence-electron chi connectivity index (χ4n) is 3.68. The zero-order valence-corrected chi connectivity index (χ0v) is 18.8. The summed E-state index contributed by atoms with van der Waals surface area (Å²) >= 11 is 1.54. The van der Waals surface area contributed by atoms with Crippen molar-refractivity contribution in [1.29, 1.82) is 0 Å². The van der Waals surface area contributed by atoms with E-state index in [2.05, 4.69) is 42.8 Å². The lowest BCUT2D eigenvalue weighted by atomic mass is 10.0. The van der Waals surface area contributed by atoms with Gasteiger partial charge in [-0.3, -0.25) is 0 Å². The number of nitrogens with zero attached hydrogens (tertiary/aromatic N) is 6. The molecule has 0 aliphatic heterocycles. The van der Waals surface area contributed by atoms with Crippen LogP contribution < -0.4 is 4.74 Å². The molecule has 0 spiro atoms. The zero-order chi connectivity index (χ0) is 22.7. The molecule has 0 bridgehead atoms. The van der Waals surface area contributed by atoms with Gasteiger partial charge in [0.2, 0.25) is 4.96 Å². The van der Waals surface area contributed by atoms with Gasteiger partial charge in [-0.15, -0.1) is 21.5 Å². The van der Waals surface area contributed by atoms with E-state index in [1.54, 1.807) is 11.3 Å². The molecule has 3 heterocycles. The van der Waals surface area contributed by atoms with E-state index in [4.69, 9.17) is 4.74 Å². The van der Waals surface area contributed by atoms with Crippen LogP contribution in [0.4, 0.5) is 0 Å². The topological polar surface area (TPSA) is 78.1 Å². The van der Waals surface area contributed by atoms with Crippen LogP contribution >= 0.6 is 11.3 Å². The summed E-state index contributed by atoms with van der Waals surface area (Å²) < 4.78 is 7.71. The molecule has 7 nitrogen and oxygen atoms in total. The van der Waals surface area contributed by atoms with Crippen LogP contribution in [0.5, 0.6) is 6.01 Å². The number of benzene rings is 3. The van der Waals surface area contributed by atoms with Gasteiger partial charge < -0.3 is 4.74 Å². The van der Waals surface area contributed by atoms with Crippen LogP contribution in [0.25, 0.3) is 38.7 Å². The standard InChI is InChI=1S/C26H18N6OS/c1-4-10-18(11-5-1)21-17-34-26-27-22(31-32(21)26)16-33-25-28-23(19-12-6-2-7-13-19)24(29-30-25)20-14-8-3-9-15-20/h1-15,17H,16H2. The van der Waals surface area contributed by atoms with Crippen LogP contribution in [-0.4, -0.2) is 29.8 Å². The molecule has 164 valence electrons. The lowest BCUT2D eigenvalue weighted by Gasteiger charge is -2.09. The first-order chi connectivity index (χ1) is 16.8. The van der Waals surface area contributed by atoms with E-state index in [1.165, 1.54) is 0 Å². The molecule has 0 amide bonds. The average molecular weight is 463 g/mol. The Morgan fingerprint density at radius 1 is 0.676 bits per heavy atom. The number of fused-ring (bicyclic) bond motifs is 1. The van der Waals surface area contributed by atoms with Crippen molar-refractivity contribution in [2.45, 2.75) is 6.61 Å². The van der Waals surface area contributed by atoms with Crippen molar-refractivity contribution in [2.75, 3.05) is 0 Å². The Balaban J connectivity index is 1.29. The SMILES string of the molecule is c1ccc(-c2nnc(OCc3nc4scc(-c5ccccc5)n4n3)nc2-c2ccccc2)cc1. The molecule has 0 fully saturated rings. The molecule has 0 aliphatic rings. The highest BCUT2D eigenvalue weighted by molar-refractivity contribution is 7.15. The van der Waals surface area contributed by atoms with E-state index in [9.17, 15) is 0 Å². The minimum Gasteiger partial charge on any atom is -0.454 e. The first-order valence-corrected chi connectivity index (χ1v) is 11.6. The molecule has 6 rings (SSSR count). The summed E-state index contributed by atoms with van der Waals surface area (Å²) in [6.07, 6.45) is 0. The Morgan fingerprint density at radius 2 is 1.29 bits per heavy atom. The van der Waals surface area contributed by atoms with Gasteiger partial charge in [-0.25, -0.2) is 4.52 Å². The van der Waals surface area contributed by atoms with Crippen molar-refractivity contribution in [3.8, 4) is 39.8 Å². The van der Waals surface area contributed by atoms with Crippen LogP contribution in [-0.2, 0) is 6.61 Å². The van der Waals surface area contributed by atoms with Gasteiger partial charge in [-0.2, -0.15) is 9.97 Å². The Morgan fingerprint density at radius 3 is 1.97 bits per heavy atom. The molecule has 3 aromatic carbocycles. The summed E-state index contributed by atoms with van der Waals surface area (Å²) in [4.78, 5) is 10.1. The largest absolute Gasteiger partial charge is 0.454 e. The van der Waals surface area contributed by atoms with Crippen LogP contribution in [0.2, 0.25) is 0 Å². The third kappa shape index (κ3) is 3.91. The minimum absolute atomic E-state index is 0.142. The van der Waals surface area contributed by atoms with Crippen LogP contribution in [0.15, 0.2) is 96.4 Å². The van der Waals surface area contributed by atoms with Gasteiger partial charge in [0.25, 0.3) is 0 Å². The van der Waals surface area contributed by atoms with E-state index in [0.717, 1.165) is 27.3 Å². The number of hydrogen-bond acceptors (Lipinski definition) is 7. The molecule has 0 saturated heterocycles. The molecule has 0 N–H and O–H groups in total. The second-order valence-corrected chi connectivity index (χ2v) is 8.36. The fraction of sp³-hybridized carbons (Fsp3) is 0.0385. The van der Waals surface area contributed by atoms with Crippen LogP contribution in [0, 0.1) is 0 Å². The first-order valence-electron chi connectivity index (χ1n) is 10.7. The van der Waals surface area contributed by atoms with E-state index in [-0.39, 0.29) is 12.6 Å². The monoisotopic (exact) mass is 462 g/mol. The van der Waals surface area contributed by atoms with Gasteiger partial charge in [-0.05, 0) is 0 Å². The number of ether oxygens (including phenoxy) is 1. The first kappa shape index (κ1) is 20.2. The highest BCUT2D eigenvalue weighted by atomic mass is 32.1. The maximum absolute atomic E-state index is 5.87. The highest BCUT2D eigenvalue weighted by Crippen LogP contribution is 2.29. The van der Waals surface area contributed by atoms with Crippen molar-refractivity contribution in [1.82, 2.24) is 29.8 Å². The molecule has 6 aromatic rings. The normalized spacial score (nSPS) is 11.1. The van der Waals surface area contributed by atoms with Crippen molar-refractivity contribution in [3.05, 3.63) is 102 Å². The number of rotatable bonds is 6. The lowest BCUT2D eigenvalue weighted by molar-refractivity contribution is 0.268. The van der Waals surface area contributed by atoms with Gasteiger partial charge in [0.15, 0.2) is 12.4 Å². The quantitative estimate of drug-likeness (QED) is 0.323. The summed E-state index contributed by atoms with van der Waals surface area (Å²) in [5.41, 5.74) is 5.37. The van der Waals surface area contributed by atoms with Crippen molar-refractivity contribution in [3.63, 3.8) is 0 Å². The van der Waals surface area contributed by atoms with E-state index in [1.807, 2.05) is 83.4 Å². The fourth-order valence-corrected chi connectivity index (χ4v) is 4.53. The second kappa shape index (κ2) is 8.84. The molecular formula is C26H18N6OS. The van der Waals surface area contributed by atoms with Crippen molar-refractivity contribution in [2.24, 2.45) is 0 Å². The van der Waals surface area contributed by atoms with Crippen LogP contribution in [0.1, 0.15) is 5.82 Å². The van der Waals surface area contributed by atoms with E-state index >= 15 is 0 Å². The smallest absolute Gasteiger partial charge is 0.336 e. The maximum Gasteiger partial charge on any atom is 0.336 e. The molecule has 8 heteroatoms. The average Bonchev–Trinajstić information content (AvgIpc) is 3.49. The Labute approximate surface area is 199 Å². The summed E-state index contributed by atoms with van der Waals surface area (Å²) in [5, 5.41) is 15.3. The number of hydrogen-bond donors (Lipinski definition) is 0. The molecule has 0 saturated carbocycles. The molecule has 0 radical (unpaired) electrons. The molecule has 3 aromatic heterocycles. The molecule has 0 unspecified atom stereocenters. The predicted octanol–water partition coefficient (Wildman–Crippen LogP) is 5.56. The van der Waals surface area contributed by atoms with Crippen LogP contribution in [0.3, 0.4) is 0 Å². The highest BCUT2D eigenvalue weighted by Gasteiger charge is 2.16. The summed E-state index contributed by atoms with van der Waals surface area (Å²) in [5.74, 6) is 0.557. The number of aromatic nitrogens is 6. The molecule has 0 aliphatic carbocycles. The van der Waals surface area contributed by atoms with Gasteiger partial charge in [-0.1, -0.05) is 96.1 Å². The molecule has 34 heavy (non-hydrogen) atoms. The molecule has 0 atom stereocenters. The summed E-state index contributed by atoms with van der Waals surface area (Å²) in [7, 11) is 0. The molecular weight excluding hydrogens is 444 g/mol. The Kier molecular flexibility index (Phi) is 5.25. The lowest BCUT2D eigenvalue weighted by Crippen LogP contribution is -2.05. The maximum atomic E-state index is 5.87. The summed E-state index contributed by atoms with van der Waals surface area (Å²) in [6.45, 7) is 0.142. The summed E-state index contributed by atoms with van der Waals surface area (Å²) in [6, 6.07) is 30.1. The predicted molar refractivity (Wildman–Crippen MR) is 131 cm³/mol. The van der Waals surface area contributed by atoms with E-state index in [0.29, 0.717) is 17.2 Å². The van der Waals surface area contributed by atoms with Gasteiger partial charge in [0, 0.05) is 22.1 Å². The van der Waals surface area contributed by atoms with Gasteiger partial charge in [0.05, 0.1) is 5.69 Å². The van der Waals surface area contributed by atoms with Gasteiger partial charge >= 0.3 is 6.01 Å². The van der Waals surface area contributed by atoms with Crippen molar-refractivity contribution >= 4 is 16.3 Å².